The lowest BCUT2D eigenvalue weighted by atomic mass is 10.1. The molecular formula is C14H19NO4. The average Bonchev–Trinajstić information content (AvgIpc) is 2.38. The molecule has 1 N–H and O–H groups in total. The molecule has 0 saturated carbocycles. The normalized spacial score (nSPS) is 10.0. The predicted molar refractivity (Wildman–Crippen MR) is 70.7 cm³/mol. The number of hydrogen-bond donors (Lipinski definition) is 1. The van der Waals surface area contributed by atoms with E-state index in [1.54, 1.807) is 36.2 Å². The number of benzene rings is 1. The first kappa shape index (κ1) is 15.0. The maximum atomic E-state index is 11.9. The Kier molecular flexibility index (Phi) is 5.85. The second-order valence-corrected chi connectivity index (χ2v) is 4.34. The largest absolute Gasteiger partial charge is 0.508 e. The Hall–Kier alpha value is -2.04. The summed E-state index contributed by atoms with van der Waals surface area (Å²) in [5, 5.41) is 9.32. The van der Waals surface area contributed by atoms with Crippen LogP contribution in [-0.4, -0.2) is 42.6 Å². The first-order chi connectivity index (χ1) is 9.02. The summed E-state index contributed by atoms with van der Waals surface area (Å²) in [7, 11) is 3.04. The van der Waals surface area contributed by atoms with E-state index in [1.165, 1.54) is 7.11 Å². The number of carbonyl (C=O) groups is 2. The molecule has 0 saturated heterocycles. The summed E-state index contributed by atoms with van der Waals surface area (Å²) in [4.78, 5) is 24.4. The van der Waals surface area contributed by atoms with E-state index in [9.17, 15) is 14.7 Å². The summed E-state index contributed by atoms with van der Waals surface area (Å²) < 4.78 is 4.53. The number of ether oxygens (including phenoxy) is 1. The standard InChI is InChI=1S/C14H19NO4/c1-15(8-4-7-14(18)19-2)13(17)10-11-5-3-6-12(16)9-11/h3,5-6,9,16H,4,7-8,10H2,1-2H3. The number of rotatable bonds is 6. The molecular weight excluding hydrogens is 246 g/mol. The lowest BCUT2D eigenvalue weighted by Crippen LogP contribution is -2.29. The molecule has 0 fully saturated rings. The number of likely N-dealkylation sites (N-methyl/N-ethyl adjacent to an activating group) is 1. The third-order valence-electron chi connectivity index (χ3n) is 2.79. The summed E-state index contributed by atoms with van der Waals surface area (Å²) in [6, 6.07) is 6.63. The molecule has 19 heavy (non-hydrogen) atoms. The highest BCUT2D eigenvalue weighted by Gasteiger charge is 2.10. The zero-order valence-electron chi connectivity index (χ0n) is 11.3. The minimum atomic E-state index is -0.270. The van der Waals surface area contributed by atoms with Gasteiger partial charge in [-0.05, 0) is 24.1 Å². The van der Waals surface area contributed by atoms with Gasteiger partial charge in [0.25, 0.3) is 0 Å². The third kappa shape index (κ3) is 5.42. The van der Waals surface area contributed by atoms with Crippen LogP contribution in [0.2, 0.25) is 0 Å². The number of phenolic OH excluding ortho intramolecular Hbond substituents is 1. The molecule has 104 valence electrons. The van der Waals surface area contributed by atoms with Crippen LogP contribution in [0.3, 0.4) is 0 Å². The Labute approximate surface area is 112 Å². The molecule has 0 aliphatic carbocycles. The van der Waals surface area contributed by atoms with Crippen molar-refractivity contribution in [3.05, 3.63) is 29.8 Å². The van der Waals surface area contributed by atoms with Crippen molar-refractivity contribution in [2.45, 2.75) is 19.3 Å². The Morgan fingerprint density at radius 3 is 2.74 bits per heavy atom. The van der Waals surface area contributed by atoms with Gasteiger partial charge in [0.1, 0.15) is 5.75 Å². The second-order valence-electron chi connectivity index (χ2n) is 4.34. The van der Waals surface area contributed by atoms with E-state index in [4.69, 9.17) is 0 Å². The van der Waals surface area contributed by atoms with E-state index in [2.05, 4.69) is 4.74 Å². The second kappa shape index (κ2) is 7.41. The van der Waals surface area contributed by atoms with Gasteiger partial charge in [-0.15, -0.1) is 0 Å². The Balaban J connectivity index is 2.38. The molecule has 0 bridgehead atoms. The summed E-state index contributed by atoms with van der Waals surface area (Å²) in [5.74, 6) is -0.164. The summed E-state index contributed by atoms with van der Waals surface area (Å²) in [6.07, 6.45) is 1.12. The Morgan fingerprint density at radius 2 is 2.11 bits per heavy atom. The van der Waals surface area contributed by atoms with Crippen LogP contribution in [0.1, 0.15) is 18.4 Å². The van der Waals surface area contributed by atoms with Crippen LogP contribution < -0.4 is 0 Å². The lowest BCUT2D eigenvalue weighted by molar-refractivity contribution is -0.141. The van der Waals surface area contributed by atoms with Crippen LogP contribution in [0.5, 0.6) is 5.75 Å². The van der Waals surface area contributed by atoms with E-state index in [-0.39, 0.29) is 24.0 Å². The first-order valence-corrected chi connectivity index (χ1v) is 6.11. The maximum Gasteiger partial charge on any atom is 0.305 e. The van der Waals surface area contributed by atoms with E-state index in [0.29, 0.717) is 19.4 Å². The zero-order valence-corrected chi connectivity index (χ0v) is 11.3. The van der Waals surface area contributed by atoms with Crippen LogP contribution in [0.25, 0.3) is 0 Å². The number of esters is 1. The molecule has 0 aromatic heterocycles. The molecule has 0 unspecified atom stereocenters. The van der Waals surface area contributed by atoms with E-state index in [1.807, 2.05) is 0 Å². The van der Waals surface area contributed by atoms with E-state index < -0.39 is 0 Å². The minimum absolute atomic E-state index is 0.0459. The zero-order chi connectivity index (χ0) is 14.3. The van der Waals surface area contributed by atoms with Gasteiger partial charge in [-0.3, -0.25) is 9.59 Å². The van der Waals surface area contributed by atoms with Crippen LogP contribution in [0, 0.1) is 0 Å². The third-order valence-corrected chi connectivity index (χ3v) is 2.79. The monoisotopic (exact) mass is 265 g/mol. The van der Waals surface area contributed by atoms with Crippen molar-refractivity contribution in [3.63, 3.8) is 0 Å². The molecule has 0 radical (unpaired) electrons. The van der Waals surface area contributed by atoms with Crippen LogP contribution in [-0.2, 0) is 20.7 Å². The highest BCUT2D eigenvalue weighted by Crippen LogP contribution is 2.12. The maximum absolute atomic E-state index is 11.9. The van der Waals surface area contributed by atoms with Crippen molar-refractivity contribution in [2.75, 3.05) is 20.7 Å². The molecule has 0 atom stereocenters. The first-order valence-electron chi connectivity index (χ1n) is 6.11. The fraction of sp³-hybridized carbons (Fsp3) is 0.429. The van der Waals surface area contributed by atoms with Gasteiger partial charge in [0.15, 0.2) is 0 Å². The summed E-state index contributed by atoms with van der Waals surface area (Å²) in [5.41, 5.74) is 0.768. The molecule has 1 rings (SSSR count). The smallest absolute Gasteiger partial charge is 0.305 e. The number of methoxy groups -OCH3 is 1. The van der Waals surface area contributed by atoms with Gasteiger partial charge in [0.05, 0.1) is 13.5 Å². The molecule has 5 nitrogen and oxygen atoms in total. The van der Waals surface area contributed by atoms with E-state index in [0.717, 1.165) is 5.56 Å². The van der Waals surface area contributed by atoms with Crippen molar-refractivity contribution in [3.8, 4) is 5.75 Å². The average molecular weight is 265 g/mol. The van der Waals surface area contributed by atoms with Crippen molar-refractivity contribution in [2.24, 2.45) is 0 Å². The number of phenols is 1. The number of carbonyl (C=O) groups excluding carboxylic acids is 2. The van der Waals surface area contributed by atoms with Gasteiger partial charge in [-0.2, -0.15) is 0 Å². The molecule has 1 aromatic rings. The fourth-order valence-electron chi connectivity index (χ4n) is 1.66. The molecule has 0 aliphatic rings. The summed E-state index contributed by atoms with van der Waals surface area (Å²) >= 11 is 0. The molecule has 5 heteroatoms. The van der Waals surface area contributed by atoms with Crippen LogP contribution >= 0.6 is 0 Å². The number of hydrogen-bond acceptors (Lipinski definition) is 4. The van der Waals surface area contributed by atoms with Crippen molar-refractivity contribution < 1.29 is 19.4 Å². The molecule has 0 spiro atoms. The van der Waals surface area contributed by atoms with Gasteiger partial charge in [0.2, 0.25) is 5.91 Å². The Morgan fingerprint density at radius 1 is 1.37 bits per heavy atom. The molecule has 0 heterocycles. The Bertz CT molecular complexity index is 445. The van der Waals surface area contributed by atoms with Gasteiger partial charge in [-0.25, -0.2) is 0 Å². The lowest BCUT2D eigenvalue weighted by Gasteiger charge is -2.16. The topological polar surface area (TPSA) is 66.8 Å². The SMILES string of the molecule is COC(=O)CCCN(C)C(=O)Cc1cccc(O)c1. The van der Waals surface area contributed by atoms with Crippen molar-refractivity contribution >= 4 is 11.9 Å². The van der Waals surface area contributed by atoms with Crippen molar-refractivity contribution in [1.82, 2.24) is 4.90 Å². The van der Waals surface area contributed by atoms with E-state index >= 15 is 0 Å². The van der Waals surface area contributed by atoms with Gasteiger partial charge in [0, 0.05) is 20.0 Å². The van der Waals surface area contributed by atoms with Gasteiger partial charge in [-0.1, -0.05) is 12.1 Å². The van der Waals surface area contributed by atoms with Gasteiger partial charge < -0.3 is 14.7 Å². The quantitative estimate of drug-likeness (QED) is 0.788. The minimum Gasteiger partial charge on any atom is -0.508 e. The number of nitrogens with zero attached hydrogens (tertiary/aromatic N) is 1. The molecule has 0 aliphatic heterocycles. The summed E-state index contributed by atoms with van der Waals surface area (Å²) in [6.45, 7) is 0.507. The van der Waals surface area contributed by atoms with Crippen LogP contribution in [0.4, 0.5) is 0 Å². The van der Waals surface area contributed by atoms with Crippen LogP contribution in [0.15, 0.2) is 24.3 Å². The molecule has 1 aromatic carbocycles. The number of amides is 1. The number of aromatic hydroxyl groups is 1. The highest BCUT2D eigenvalue weighted by molar-refractivity contribution is 5.78. The van der Waals surface area contributed by atoms with Gasteiger partial charge >= 0.3 is 5.97 Å². The van der Waals surface area contributed by atoms with Crippen molar-refractivity contribution in [1.29, 1.82) is 0 Å². The predicted octanol–water partition coefficient (Wildman–Crippen LogP) is 1.35. The molecule has 1 amide bonds. The fourth-order valence-corrected chi connectivity index (χ4v) is 1.66. The highest BCUT2D eigenvalue weighted by atomic mass is 16.5.